The van der Waals surface area contributed by atoms with Gasteiger partial charge in [-0.1, -0.05) is 42.4 Å². The van der Waals surface area contributed by atoms with Crippen molar-refractivity contribution in [2.75, 3.05) is 31.0 Å². The van der Waals surface area contributed by atoms with Gasteiger partial charge in [0.2, 0.25) is 5.95 Å². The molecule has 2 heterocycles. The summed E-state index contributed by atoms with van der Waals surface area (Å²) in [7, 11) is -1.35. The van der Waals surface area contributed by atoms with E-state index in [0.29, 0.717) is 49.2 Å². The number of anilines is 1. The maximum absolute atomic E-state index is 11.9. The molecule has 0 fully saturated rings. The van der Waals surface area contributed by atoms with Crippen LogP contribution in [0, 0.1) is 0 Å². The van der Waals surface area contributed by atoms with Crippen LogP contribution >= 0.6 is 31.7 Å². The molecule has 0 saturated carbocycles. The van der Waals surface area contributed by atoms with Gasteiger partial charge in [-0.2, -0.15) is 4.98 Å². The van der Waals surface area contributed by atoms with Crippen LogP contribution in [0.2, 0.25) is 5.02 Å². The highest BCUT2D eigenvalue weighted by Gasteiger charge is 2.14. The number of imidazole rings is 1. The third-order valence-electron chi connectivity index (χ3n) is 4.30. The van der Waals surface area contributed by atoms with E-state index in [1.54, 1.807) is 10.6 Å². The van der Waals surface area contributed by atoms with Crippen LogP contribution in [0.25, 0.3) is 11.2 Å². The van der Waals surface area contributed by atoms with Crippen LogP contribution in [0.4, 0.5) is 5.95 Å². The largest absolute Gasteiger partial charge is 0.370 e. The number of H-pyrrole nitrogens is 1. The molecule has 2 aromatic heterocycles. The molecule has 1 atom stereocenters. The first-order valence-corrected chi connectivity index (χ1v) is 12.9. The van der Waals surface area contributed by atoms with Crippen LogP contribution in [0.15, 0.2) is 35.4 Å². The summed E-state index contributed by atoms with van der Waals surface area (Å²) in [5.41, 5.74) is 6.78. The van der Waals surface area contributed by atoms with E-state index in [1.165, 1.54) is 18.1 Å². The maximum atomic E-state index is 11.9. The summed E-state index contributed by atoms with van der Waals surface area (Å²) in [5, 5.41) is 0.757. The Morgan fingerprint density at radius 2 is 2.18 bits per heavy atom. The van der Waals surface area contributed by atoms with Crippen molar-refractivity contribution in [3.8, 4) is 0 Å². The molecule has 178 valence electrons. The standard InChI is InChI=1S/C20H25ClN5O5PS/c1-2-16(27)33-9-8-30-32(31-11-14-4-3-5-15(21)10-14)13-29-7-6-26-12-23-17-18(26)24-20(22)25-19(17)28/h3-5,10,12H,2,6-9,11,13H2,1H3,(H3,22,24,25,28). The van der Waals surface area contributed by atoms with Gasteiger partial charge in [0.05, 0.1) is 26.1 Å². The molecule has 33 heavy (non-hydrogen) atoms. The lowest BCUT2D eigenvalue weighted by atomic mass is 10.2. The quantitative estimate of drug-likeness (QED) is 0.260. The fraction of sp³-hybridized carbons (Fsp3) is 0.400. The summed E-state index contributed by atoms with van der Waals surface area (Å²) in [5.74, 6) is 0.579. The first kappa shape index (κ1) is 25.6. The Morgan fingerprint density at radius 1 is 1.33 bits per heavy atom. The fourth-order valence-electron chi connectivity index (χ4n) is 2.72. The zero-order valence-electron chi connectivity index (χ0n) is 18.0. The van der Waals surface area contributed by atoms with E-state index in [2.05, 4.69) is 15.0 Å². The minimum absolute atomic E-state index is 0.0286. The Morgan fingerprint density at radius 3 is 2.97 bits per heavy atom. The third-order valence-corrected chi connectivity index (χ3v) is 6.80. The highest BCUT2D eigenvalue weighted by atomic mass is 35.5. The van der Waals surface area contributed by atoms with Crippen molar-refractivity contribution in [3.63, 3.8) is 0 Å². The molecule has 0 aliphatic rings. The number of nitrogens with one attached hydrogen (secondary N) is 1. The lowest BCUT2D eigenvalue weighted by molar-refractivity contribution is -0.110. The van der Waals surface area contributed by atoms with Crippen molar-refractivity contribution in [2.24, 2.45) is 0 Å². The number of aromatic amines is 1. The third kappa shape index (κ3) is 8.06. The van der Waals surface area contributed by atoms with Crippen LogP contribution in [0.5, 0.6) is 0 Å². The number of ether oxygens (including phenoxy) is 1. The minimum atomic E-state index is -1.35. The van der Waals surface area contributed by atoms with E-state index in [-0.39, 0.29) is 28.5 Å². The molecule has 3 N–H and O–H groups in total. The number of fused-ring (bicyclic) bond motifs is 1. The van der Waals surface area contributed by atoms with Gasteiger partial charge in [-0.15, -0.1) is 0 Å². The van der Waals surface area contributed by atoms with E-state index < -0.39 is 8.38 Å². The number of hydrogen-bond acceptors (Lipinski definition) is 9. The number of benzene rings is 1. The van der Waals surface area contributed by atoms with Crippen molar-refractivity contribution in [1.29, 1.82) is 0 Å². The van der Waals surface area contributed by atoms with Gasteiger partial charge in [0.15, 0.2) is 24.7 Å². The van der Waals surface area contributed by atoms with Crippen LogP contribution in [0.1, 0.15) is 18.9 Å². The Balaban J connectivity index is 1.51. The second-order valence-corrected chi connectivity index (χ2v) is 9.77. The molecular formula is C20H25ClN5O5PS. The highest BCUT2D eigenvalue weighted by molar-refractivity contribution is 8.13. The molecule has 0 aliphatic carbocycles. The Bertz CT molecular complexity index is 1130. The van der Waals surface area contributed by atoms with Gasteiger partial charge in [-0.3, -0.25) is 14.6 Å². The summed E-state index contributed by atoms with van der Waals surface area (Å²) < 4.78 is 19.2. The van der Waals surface area contributed by atoms with Crippen molar-refractivity contribution in [2.45, 2.75) is 26.5 Å². The molecule has 1 aromatic carbocycles. The molecule has 3 rings (SSSR count). The molecule has 0 radical (unpaired) electrons. The lowest BCUT2D eigenvalue weighted by Gasteiger charge is -2.18. The number of carbonyl (C=O) groups is 1. The van der Waals surface area contributed by atoms with Gasteiger partial charge in [-0.05, 0) is 17.7 Å². The van der Waals surface area contributed by atoms with Gasteiger partial charge in [0.25, 0.3) is 5.56 Å². The van der Waals surface area contributed by atoms with E-state index in [0.717, 1.165) is 5.56 Å². The van der Waals surface area contributed by atoms with Crippen molar-refractivity contribution < 1.29 is 18.6 Å². The summed E-state index contributed by atoms with van der Waals surface area (Å²) in [6.45, 7) is 3.28. The fourth-order valence-corrected chi connectivity index (χ4v) is 4.74. The summed E-state index contributed by atoms with van der Waals surface area (Å²) in [4.78, 5) is 34.0. The summed E-state index contributed by atoms with van der Waals surface area (Å²) in [6, 6.07) is 7.40. The number of aromatic nitrogens is 4. The second-order valence-electron chi connectivity index (χ2n) is 6.74. The van der Waals surface area contributed by atoms with Gasteiger partial charge >= 0.3 is 0 Å². The van der Waals surface area contributed by atoms with Crippen LogP contribution in [-0.2, 0) is 31.7 Å². The maximum Gasteiger partial charge on any atom is 0.280 e. The Hall–Kier alpha value is -2.01. The molecule has 0 bridgehead atoms. The molecule has 0 amide bonds. The Labute approximate surface area is 201 Å². The first-order chi connectivity index (χ1) is 16.0. The van der Waals surface area contributed by atoms with Crippen LogP contribution in [0.3, 0.4) is 0 Å². The number of nitrogen functional groups attached to an aromatic ring is 1. The van der Waals surface area contributed by atoms with Crippen molar-refractivity contribution in [1.82, 2.24) is 19.5 Å². The smallest absolute Gasteiger partial charge is 0.280 e. The number of rotatable bonds is 13. The molecule has 1 unspecified atom stereocenters. The number of halogens is 1. The van der Waals surface area contributed by atoms with Gasteiger partial charge < -0.3 is 24.1 Å². The second kappa shape index (κ2) is 13.0. The molecule has 13 heteroatoms. The van der Waals surface area contributed by atoms with Gasteiger partial charge in [0.1, 0.15) is 6.35 Å². The summed E-state index contributed by atoms with van der Waals surface area (Å²) in [6.07, 6.45) is 2.25. The van der Waals surface area contributed by atoms with Crippen LogP contribution in [-0.4, -0.2) is 49.9 Å². The molecule has 3 aromatic rings. The topological polar surface area (TPSA) is 134 Å². The van der Waals surface area contributed by atoms with Crippen molar-refractivity contribution in [3.05, 3.63) is 51.5 Å². The number of carbonyl (C=O) groups excluding carboxylic acids is 1. The van der Waals surface area contributed by atoms with Gasteiger partial charge in [-0.25, -0.2) is 4.98 Å². The SMILES string of the molecule is CCC(=O)SCCOP(COCCn1cnc2c(=O)[nH]c(N)nc21)OCc1cccc(Cl)c1. The minimum Gasteiger partial charge on any atom is -0.370 e. The lowest BCUT2D eigenvalue weighted by Crippen LogP contribution is -2.13. The normalized spacial score (nSPS) is 12.3. The molecule has 10 nitrogen and oxygen atoms in total. The average Bonchev–Trinajstić information content (AvgIpc) is 3.20. The monoisotopic (exact) mass is 513 g/mol. The first-order valence-electron chi connectivity index (χ1n) is 10.2. The van der Waals surface area contributed by atoms with Crippen LogP contribution < -0.4 is 11.3 Å². The predicted molar refractivity (Wildman–Crippen MR) is 130 cm³/mol. The van der Waals surface area contributed by atoms with E-state index in [1.807, 2.05) is 25.1 Å². The number of nitrogens with zero attached hydrogens (tertiary/aromatic N) is 3. The summed E-state index contributed by atoms with van der Waals surface area (Å²) >= 11 is 7.28. The predicted octanol–water partition coefficient (Wildman–Crippen LogP) is 3.54. The Kier molecular flexibility index (Phi) is 10.1. The molecule has 0 saturated heterocycles. The zero-order valence-corrected chi connectivity index (χ0v) is 20.5. The molecule has 0 aliphatic heterocycles. The van der Waals surface area contributed by atoms with E-state index >= 15 is 0 Å². The molecular weight excluding hydrogens is 489 g/mol. The highest BCUT2D eigenvalue weighted by Crippen LogP contribution is 2.39. The number of thioether (sulfide) groups is 1. The van der Waals surface area contributed by atoms with E-state index in [9.17, 15) is 9.59 Å². The van der Waals surface area contributed by atoms with E-state index in [4.69, 9.17) is 31.1 Å². The number of hydrogen-bond donors (Lipinski definition) is 2. The molecule has 0 spiro atoms. The van der Waals surface area contributed by atoms with Crippen molar-refractivity contribution >= 4 is 54.0 Å². The number of nitrogens with two attached hydrogens (primary N) is 1. The average molecular weight is 514 g/mol. The zero-order chi connectivity index (χ0) is 23.6. The van der Waals surface area contributed by atoms with Gasteiger partial charge in [0, 0.05) is 23.7 Å².